The topological polar surface area (TPSA) is 95.9 Å². The molecular weight excluding hydrogens is 400 g/mol. The first-order valence-corrected chi connectivity index (χ1v) is 8.38. The summed E-state index contributed by atoms with van der Waals surface area (Å²) in [5.74, 6) is -6.45. The summed E-state index contributed by atoms with van der Waals surface area (Å²) in [6.07, 6.45) is -1.37. The van der Waals surface area contributed by atoms with Gasteiger partial charge in [-0.1, -0.05) is 5.92 Å². The van der Waals surface area contributed by atoms with Gasteiger partial charge >= 0.3 is 18.0 Å². The molecule has 0 bridgehead atoms. The first kappa shape index (κ1) is 20.4. The monoisotopic (exact) mass is 414 g/mol. The average Bonchev–Trinajstić information content (AvgIpc) is 3.02. The fraction of sp³-hybridized carbons (Fsp3) is 0.389. The normalized spacial score (nSPS) is 25.0. The second kappa shape index (κ2) is 7.27. The van der Waals surface area contributed by atoms with Gasteiger partial charge in [-0.25, -0.2) is 8.78 Å². The largest absolute Gasteiger partial charge is 0.483 e. The van der Waals surface area contributed by atoms with Crippen molar-refractivity contribution in [1.29, 1.82) is 0 Å². The highest BCUT2D eigenvalue weighted by Crippen LogP contribution is 2.42. The lowest BCUT2D eigenvalue weighted by Gasteiger charge is -2.32. The van der Waals surface area contributed by atoms with Crippen molar-refractivity contribution in [3.05, 3.63) is 17.9 Å². The van der Waals surface area contributed by atoms with Crippen molar-refractivity contribution in [2.24, 2.45) is 11.8 Å². The Hall–Kier alpha value is -3.29. The molecule has 1 aromatic carbocycles. The summed E-state index contributed by atoms with van der Waals surface area (Å²) in [6.45, 7) is -0.572. The summed E-state index contributed by atoms with van der Waals surface area (Å²) in [5, 5.41) is 11.3. The number of hydrogen-bond acceptors (Lipinski definition) is 4. The van der Waals surface area contributed by atoms with E-state index >= 15 is 0 Å². The molecule has 1 heterocycles. The molecule has 0 aromatic heterocycles. The SMILES string of the molecule is C#CCN1C(=O)C(F)(F)Oc2cc(F)c(NC(=O)C3C[C@@H](F)C[C@@H]3C(=O)O)cc21. The second-order valence-electron chi connectivity index (χ2n) is 6.62. The van der Waals surface area contributed by atoms with Gasteiger partial charge in [0.25, 0.3) is 0 Å². The van der Waals surface area contributed by atoms with E-state index in [0.29, 0.717) is 11.0 Å². The summed E-state index contributed by atoms with van der Waals surface area (Å²) in [6, 6.07) is 1.40. The van der Waals surface area contributed by atoms with Gasteiger partial charge in [-0.15, -0.1) is 6.42 Å². The lowest BCUT2D eigenvalue weighted by molar-refractivity contribution is -0.192. The van der Waals surface area contributed by atoms with E-state index in [4.69, 9.17) is 11.5 Å². The number of carbonyl (C=O) groups excluding carboxylic acids is 2. The molecule has 29 heavy (non-hydrogen) atoms. The van der Waals surface area contributed by atoms with Gasteiger partial charge in [0.2, 0.25) is 5.91 Å². The van der Waals surface area contributed by atoms with Crippen molar-refractivity contribution < 1.29 is 41.8 Å². The maximum Gasteiger partial charge on any atom is 0.483 e. The van der Waals surface area contributed by atoms with Crippen molar-refractivity contribution in [3.8, 4) is 18.1 Å². The molecule has 2 aliphatic rings. The van der Waals surface area contributed by atoms with Crippen LogP contribution in [-0.4, -0.2) is 41.7 Å². The predicted octanol–water partition coefficient (Wildman–Crippen LogP) is 2.16. The van der Waals surface area contributed by atoms with Crippen molar-refractivity contribution in [2.75, 3.05) is 16.8 Å². The number of benzene rings is 1. The van der Waals surface area contributed by atoms with Crippen LogP contribution in [0.3, 0.4) is 0 Å². The number of ether oxygens (including phenoxy) is 1. The molecule has 7 nitrogen and oxygen atoms in total. The second-order valence-corrected chi connectivity index (χ2v) is 6.62. The number of nitrogens with zero attached hydrogens (tertiary/aromatic N) is 1. The molecule has 2 amide bonds. The summed E-state index contributed by atoms with van der Waals surface area (Å²) in [5.41, 5.74) is -0.830. The number of rotatable bonds is 4. The number of alkyl halides is 3. The third-order valence-corrected chi connectivity index (χ3v) is 4.74. The van der Waals surface area contributed by atoms with E-state index in [1.54, 1.807) is 0 Å². The standard InChI is InChI=1S/C18H14F4N2O5/c1-2-3-24-13-7-12(11(20)6-14(13)29-18(21,22)17(24)28)23-15(25)9-4-8(19)5-10(9)16(26)27/h1,6-10H,3-5H2,(H,23,25)(H,26,27)/t8-,9?,10+/m1/s1. The predicted molar refractivity (Wildman–Crippen MR) is 90.5 cm³/mol. The smallest absolute Gasteiger partial charge is 0.481 e. The van der Waals surface area contributed by atoms with Crippen LogP contribution < -0.4 is 15.0 Å². The van der Waals surface area contributed by atoms with Crippen LogP contribution in [0.5, 0.6) is 5.75 Å². The van der Waals surface area contributed by atoms with Crippen LogP contribution in [0, 0.1) is 30.0 Å². The zero-order valence-corrected chi connectivity index (χ0v) is 14.6. The summed E-state index contributed by atoms with van der Waals surface area (Å²) >= 11 is 0. The van der Waals surface area contributed by atoms with Crippen molar-refractivity contribution in [3.63, 3.8) is 0 Å². The Kier molecular flexibility index (Phi) is 5.13. The Morgan fingerprint density at radius 3 is 2.62 bits per heavy atom. The van der Waals surface area contributed by atoms with Gasteiger partial charge in [0, 0.05) is 6.07 Å². The fourth-order valence-corrected chi connectivity index (χ4v) is 3.39. The highest BCUT2D eigenvalue weighted by molar-refractivity contribution is 6.03. The van der Waals surface area contributed by atoms with Crippen LogP contribution in [0.4, 0.5) is 28.9 Å². The van der Waals surface area contributed by atoms with Crippen LogP contribution in [-0.2, 0) is 14.4 Å². The molecule has 0 radical (unpaired) electrons. The number of aliphatic carboxylic acids is 1. The highest BCUT2D eigenvalue weighted by Gasteiger charge is 2.51. The number of anilines is 2. The number of carboxylic acids is 1. The van der Waals surface area contributed by atoms with Gasteiger partial charge in [-0.05, 0) is 18.9 Å². The van der Waals surface area contributed by atoms with Gasteiger partial charge in [0.1, 0.15) is 6.17 Å². The number of carbonyl (C=O) groups is 3. The molecule has 1 fully saturated rings. The van der Waals surface area contributed by atoms with Crippen LogP contribution in [0.15, 0.2) is 12.1 Å². The molecule has 1 unspecified atom stereocenters. The third-order valence-electron chi connectivity index (χ3n) is 4.74. The Morgan fingerprint density at radius 1 is 1.34 bits per heavy atom. The highest BCUT2D eigenvalue weighted by atomic mass is 19.3. The number of fused-ring (bicyclic) bond motifs is 1. The van der Waals surface area contributed by atoms with Crippen molar-refractivity contribution >= 4 is 29.2 Å². The Balaban J connectivity index is 1.92. The van der Waals surface area contributed by atoms with Gasteiger partial charge in [0.05, 0.1) is 29.8 Å². The number of carboxylic acid groups (broad SMARTS) is 1. The van der Waals surface area contributed by atoms with E-state index < -0.39 is 65.7 Å². The molecular formula is C18H14F4N2O5. The van der Waals surface area contributed by atoms with E-state index in [1.807, 2.05) is 5.92 Å². The molecule has 2 N–H and O–H groups in total. The van der Waals surface area contributed by atoms with Crippen molar-refractivity contribution in [1.82, 2.24) is 0 Å². The van der Waals surface area contributed by atoms with Gasteiger partial charge in [0.15, 0.2) is 11.6 Å². The lowest BCUT2D eigenvalue weighted by atomic mass is 9.95. The molecule has 1 aliphatic carbocycles. The van der Waals surface area contributed by atoms with Gasteiger partial charge in [-0.2, -0.15) is 8.78 Å². The van der Waals surface area contributed by atoms with Crippen LogP contribution in [0.1, 0.15) is 12.8 Å². The number of nitrogens with one attached hydrogen (secondary N) is 1. The third kappa shape index (κ3) is 3.70. The van der Waals surface area contributed by atoms with E-state index in [-0.39, 0.29) is 18.5 Å². The zero-order valence-electron chi connectivity index (χ0n) is 14.6. The van der Waals surface area contributed by atoms with Crippen LogP contribution in [0.25, 0.3) is 0 Å². The number of amides is 2. The van der Waals surface area contributed by atoms with E-state index in [9.17, 15) is 31.9 Å². The minimum absolute atomic E-state index is 0.305. The number of hydrogen-bond donors (Lipinski definition) is 2. The van der Waals surface area contributed by atoms with E-state index in [1.165, 1.54) is 0 Å². The first-order chi connectivity index (χ1) is 13.5. The molecule has 1 aliphatic heterocycles. The lowest BCUT2D eigenvalue weighted by Crippen LogP contribution is -2.51. The summed E-state index contributed by atoms with van der Waals surface area (Å²) in [7, 11) is 0. The zero-order chi connectivity index (χ0) is 21.5. The fourth-order valence-electron chi connectivity index (χ4n) is 3.39. The number of halogens is 4. The molecule has 154 valence electrons. The Bertz CT molecular complexity index is 930. The summed E-state index contributed by atoms with van der Waals surface area (Å²) in [4.78, 5) is 35.9. The maximum absolute atomic E-state index is 14.3. The minimum atomic E-state index is -4.25. The molecule has 11 heteroatoms. The van der Waals surface area contributed by atoms with Gasteiger partial charge in [-0.3, -0.25) is 19.3 Å². The maximum atomic E-state index is 14.3. The van der Waals surface area contributed by atoms with E-state index in [0.717, 1.165) is 6.07 Å². The van der Waals surface area contributed by atoms with Crippen molar-refractivity contribution in [2.45, 2.75) is 25.1 Å². The average molecular weight is 414 g/mol. The van der Waals surface area contributed by atoms with Gasteiger partial charge < -0.3 is 15.2 Å². The minimum Gasteiger partial charge on any atom is -0.481 e. The summed E-state index contributed by atoms with van der Waals surface area (Å²) < 4.78 is 59.5. The number of terminal acetylenes is 1. The molecule has 0 spiro atoms. The van der Waals surface area contributed by atoms with E-state index in [2.05, 4.69) is 10.1 Å². The molecule has 0 saturated heterocycles. The molecule has 3 atom stereocenters. The Labute approximate surface area is 161 Å². The molecule has 3 rings (SSSR count). The van der Waals surface area contributed by atoms with Crippen LogP contribution in [0.2, 0.25) is 0 Å². The molecule has 1 saturated carbocycles. The first-order valence-electron chi connectivity index (χ1n) is 8.38. The molecule has 1 aromatic rings. The quantitative estimate of drug-likeness (QED) is 0.582. The Morgan fingerprint density at radius 2 is 2.00 bits per heavy atom. The van der Waals surface area contributed by atoms with Crippen LogP contribution >= 0.6 is 0 Å².